The molecule has 0 spiro atoms. The van der Waals surface area contributed by atoms with Crippen molar-refractivity contribution < 1.29 is 6.22 Å². The van der Waals surface area contributed by atoms with Crippen molar-refractivity contribution in [2.75, 3.05) is 0 Å². The molecule has 15 heavy (non-hydrogen) atoms. The lowest BCUT2D eigenvalue weighted by Crippen LogP contribution is -1.92. The molecule has 0 aliphatic heterocycles. The van der Waals surface area contributed by atoms with Crippen molar-refractivity contribution in [1.82, 2.24) is 0 Å². The molecular formula is C14H26O. The van der Waals surface area contributed by atoms with E-state index in [-0.39, 0.29) is 7.21 Å². The van der Waals surface area contributed by atoms with Crippen molar-refractivity contribution in [3.8, 4) is 0 Å². The van der Waals surface area contributed by atoms with Gasteiger partial charge in [-0.05, 0) is 18.9 Å². The Hall–Kier alpha value is -1.11. The average Bonchev–Trinajstić information content (AvgIpc) is 2.33. The second kappa shape index (κ2) is 12.9. The van der Waals surface area contributed by atoms with Gasteiger partial charge >= 0.3 is 0 Å². The molecule has 0 unspecified atom stereocenters. The highest BCUT2D eigenvalue weighted by Gasteiger charge is 1.94. The van der Waals surface area contributed by atoms with Crippen LogP contribution >= 0.6 is 0 Å². The minimum absolute atomic E-state index is 0. The Labute approximate surface area is 96.0 Å². The molecule has 0 N–H and O–H groups in total. The Morgan fingerprint density at radius 2 is 1.53 bits per heavy atom. The fourth-order valence-electron chi connectivity index (χ4n) is 0.965. The SMILES string of the molecule is CC.CC.CC(=O)CCc1ccccc1.[HH]. The molecule has 0 heterocycles. The summed E-state index contributed by atoms with van der Waals surface area (Å²) < 4.78 is 0. The molecule has 0 saturated carbocycles. The molecule has 88 valence electrons. The van der Waals surface area contributed by atoms with E-state index >= 15 is 0 Å². The van der Waals surface area contributed by atoms with Gasteiger partial charge in [0, 0.05) is 7.85 Å². The minimum Gasteiger partial charge on any atom is -0.300 e. The van der Waals surface area contributed by atoms with Crippen LogP contribution in [0.2, 0.25) is 0 Å². The maximum Gasteiger partial charge on any atom is 0.130 e. The van der Waals surface area contributed by atoms with Crippen molar-refractivity contribution >= 4 is 5.78 Å². The fraction of sp³-hybridized carbons (Fsp3) is 0.500. The zero-order valence-corrected chi connectivity index (χ0v) is 10.7. The van der Waals surface area contributed by atoms with Crippen LogP contribution in [-0.2, 0) is 11.2 Å². The summed E-state index contributed by atoms with van der Waals surface area (Å²) in [5, 5.41) is 0. The molecular weight excluding hydrogens is 184 g/mol. The van der Waals surface area contributed by atoms with Crippen LogP contribution in [0.25, 0.3) is 0 Å². The Kier molecular flexibility index (Phi) is 14.0. The lowest BCUT2D eigenvalue weighted by atomic mass is 10.1. The van der Waals surface area contributed by atoms with Gasteiger partial charge in [-0.15, -0.1) is 0 Å². The van der Waals surface area contributed by atoms with Crippen LogP contribution in [0.15, 0.2) is 30.3 Å². The summed E-state index contributed by atoms with van der Waals surface area (Å²) in [4.78, 5) is 10.6. The molecule has 0 saturated heterocycles. The number of Topliss-reactive ketones (excluding diaryl/α,β-unsaturated/α-hetero) is 1. The summed E-state index contributed by atoms with van der Waals surface area (Å²) in [6.45, 7) is 9.63. The van der Waals surface area contributed by atoms with Gasteiger partial charge in [0.15, 0.2) is 0 Å². The zero-order valence-electron chi connectivity index (χ0n) is 10.7. The number of carbonyl (C=O) groups is 1. The van der Waals surface area contributed by atoms with Crippen molar-refractivity contribution in [3.05, 3.63) is 35.9 Å². The standard InChI is InChI=1S/C10H12O.2C2H6.H2/c1-9(11)7-8-10-5-3-2-4-6-10;2*1-2;/h2-6H,7-8H2,1H3;2*1-2H3;1H. The number of aryl methyl sites for hydroxylation is 1. The highest BCUT2D eigenvalue weighted by atomic mass is 16.1. The van der Waals surface area contributed by atoms with E-state index in [0.717, 1.165) is 6.42 Å². The topological polar surface area (TPSA) is 17.1 Å². The van der Waals surface area contributed by atoms with Gasteiger partial charge in [-0.3, -0.25) is 0 Å². The normalized spacial score (nSPS) is 7.80. The van der Waals surface area contributed by atoms with Crippen LogP contribution in [0.4, 0.5) is 0 Å². The molecule has 0 amide bonds. The molecule has 0 radical (unpaired) electrons. The van der Waals surface area contributed by atoms with Gasteiger partial charge in [0.05, 0.1) is 0 Å². The van der Waals surface area contributed by atoms with Gasteiger partial charge < -0.3 is 4.79 Å². The lowest BCUT2D eigenvalue weighted by molar-refractivity contribution is -0.116. The summed E-state index contributed by atoms with van der Waals surface area (Å²) in [5.41, 5.74) is 1.24. The minimum atomic E-state index is 0. The molecule has 1 rings (SSSR count). The largest absolute Gasteiger partial charge is 0.300 e. The van der Waals surface area contributed by atoms with Gasteiger partial charge in [-0.25, -0.2) is 0 Å². The Bertz CT molecular complexity index is 232. The van der Waals surface area contributed by atoms with Crippen molar-refractivity contribution in [3.63, 3.8) is 0 Å². The van der Waals surface area contributed by atoms with Crippen LogP contribution in [0.3, 0.4) is 0 Å². The molecule has 1 aromatic carbocycles. The first kappa shape index (κ1) is 16.3. The maximum absolute atomic E-state index is 10.6. The third-order valence-corrected chi connectivity index (χ3v) is 1.61. The first-order valence-corrected chi connectivity index (χ1v) is 5.82. The summed E-state index contributed by atoms with van der Waals surface area (Å²) in [7, 11) is 0. The van der Waals surface area contributed by atoms with Crippen LogP contribution in [0.5, 0.6) is 0 Å². The monoisotopic (exact) mass is 210 g/mol. The summed E-state index contributed by atoms with van der Waals surface area (Å²) in [6, 6.07) is 10.1. The smallest absolute Gasteiger partial charge is 0.130 e. The van der Waals surface area contributed by atoms with E-state index in [1.165, 1.54) is 5.56 Å². The van der Waals surface area contributed by atoms with Gasteiger partial charge in [0.1, 0.15) is 5.78 Å². The molecule has 1 aromatic rings. The summed E-state index contributed by atoms with van der Waals surface area (Å²) in [6.07, 6.45) is 1.53. The molecule has 0 fully saturated rings. The van der Waals surface area contributed by atoms with Crippen LogP contribution in [-0.4, -0.2) is 5.78 Å². The van der Waals surface area contributed by atoms with Crippen molar-refractivity contribution in [1.29, 1.82) is 0 Å². The van der Waals surface area contributed by atoms with Crippen LogP contribution < -0.4 is 0 Å². The van der Waals surface area contributed by atoms with E-state index in [4.69, 9.17) is 0 Å². The molecule has 0 bridgehead atoms. The van der Waals surface area contributed by atoms with E-state index < -0.39 is 0 Å². The quantitative estimate of drug-likeness (QED) is 0.717. The first-order chi connectivity index (χ1) is 7.29. The number of hydrogen-bond donors (Lipinski definition) is 0. The van der Waals surface area contributed by atoms with Crippen LogP contribution in [0, 0.1) is 0 Å². The molecule has 0 atom stereocenters. The maximum atomic E-state index is 10.6. The van der Waals surface area contributed by atoms with E-state index in [2.05, 4.69) is 0 Å². The summed E-state index contributed by atoms with van der Waals surface area (Å²) >= 11 is 0. The highest BCUT2D eigenvalue weighted by molar-refractivity contribution is 5.75. The Morgan fingerprint density at radius 1 is 1.07 bits per heavy atom. The number of carbonyl (C=O) groups excluding carboxylic acids is 1. The summed E-state index contributed by atoms with van der Waals surface area (Å²) in [5.74, 6) is 0.258. The third-order valence-electron chi connectivity index (χ3n) is 1.61. The Morgan fingerprint density at radius 3 is 1.93 bits per heavy atom. The average molecular weight is 210 g/mol. The third kappa shape index (κ3) is 10.8. The molecule has 1 heteroatoms. The van der Waals surface area contributed by atoms with E-state index in [9.17, 15) is 4.79 Å². The predicted octanol–water partition coefficient (Wildman–Crippen LogP) is 4.51. The van der Waals surface area contributed by atoms with Crippen LogP contribution in [0.1, 0.15) is 48.0 Å². The van der Waals surface area contributed by atoms with Gasteiger partial charge in [0.2, 0.25) is 0 Å². The molecule has 0 aromatic heterocycles. The predicted molar refractivity (Wildman–Crippen MR) is 70.3 cm³/mol. The first-order valence-electron chi connectivity index (χ1n) is 5.82. The number of rotatable bonds is 3. The van der Waals surface area contributed by atoms with E-state index in [0.29, 0.717) is 6.42 Å². The number of ketones is 1. The van der Waals surface area contributed by atoms with Crippen molar-refractivity contribution in [2.24, 2.45) is 0 Å². The highest BCUT2D eigenvalue weighted by Crippen LogP contribution is 2.01. The molecule has 0 aliphatic carbocycles. The second-order valence-corrected chi connectivity index (χ2v) is 2.69. The van der Waals surface area contributed by atoms with Gasteiger partial charge in [-0.2, -0.15) is 0 Å². The number of benzene rings is 1. The van der Waals surface area contributed by atoms with E-state index in [1.54, 1.807) is 6.92 Å². The number of hydrogen-bond acceptors (Lipinski definition) is 1. The fourth-order valence-corrected chi connectivity index (χ4v) is 0.965. The molecule has 1 nitrogen and oxygen atoms in total. The van der Waals surface area contributed by atoms with Gasteiger partial charge in [0.25, 0.3) is 0 Å². The van der Waals surface area contributed by atoms with E-state index in [1.807, 2.05) is 58.0 Å². The Balaban J connectivity index is -0.000000305. The second-order valence-electron chi connectivity index (χ2n) is 2.69. The molecule has 0 aliphatic rings. The van der Waals surface area contributed by atoms with Crippen molar-refractivity contribution in [2.45, 2.75) is 47.5 Å². The zero-order chi connectivity index (χ0) is 12.1. The lowest BCUT2D eigenvalue weighted by Gasteiger charge is -1.96. The van der Waals surface area contributed by atoms with Gasteiger partial charge in [-0.1, -0.05) is 58.0 Å².